The van der Waals surface area contributed by atoms with E-state index in [2.05, 4.69) is 31.2 Å². The Bertz CT molecular complexity index is 1050. The number of hydrogen-bond donors (Lipinski definition) is 0. The van der Waals surface area contributed by atoms with Crippen LogP contribution < -0.4 is 10.5 Å². The Hall–Kier alpha value is -2.74. The van der Waals surface area contributed by atoms with Crippen molar-refractivity contribution in [3.8, 4) is 11.3 Å². The van der Waals surface area contributed by atoms with E-state index in [1.165, 1.54) is 5.56 Å². The van der Waals surface area contributed by atoms with Crippen molar-refractivity contribution in [1.29, 1.82) is 0 Å². The lowest BCUT2D eigenvalue weighted by atomic mass is 10.00. The lowest BCUT2D eigenvalue weighted by Gasteiger charge is -2.40. The first-order chi connectivity index (χ1) is 13.8. The van der Waals surface area contributed by atoms with E-state index < -0.39 is 0 Å². The summed E-state index contributed by atoms with van der Waals surface area (Å²) in [7, 11) is 0. The van der Waals surface area contributed by atoms with Crippen LogP contribution in [0.5, 0.6) is 0 Å². The highest BCUT2D eigenvalue weighted by atomic mass is 32.2. The van der Waals surface area contributed by atoms with Crippen molar-refractivity contribution < 1.29 is 0 Å². The van der Waals surface area contributed by atoms with E-state index in [0.717, 1.165) is 53.8 Å². The molecule has 5 heterocycles. The Kier molecular flexibility index (Phi) is 4.56. The Labute approximate surface area is 166 Å². The summed E-state index contributed by atoms with van der Waals surface area (Å²) < 4.78 is 1.57. The number of thioether (sulfide) groups is 1. The van der Waals surface area contributed by atoms with Gasteiger partial charge in [-0.2, -0.15) is 22.0 Å². The number of anilines is 1. The van der Waals surface area contributed by atoms with Gasteiger partial charge in [-0.25, -0.2) is 4.68 Å². The van der Waals surface area contributed by atoms with Gasteiger partial charge in [-0.15, -0.1) is 5.10 Å². The van der Waals surface area contributed by atoms with Crippen molar-refractivity contribution >= 4 is 17.6 Å². The van der Waals surface area contributed by atoms with Crippen LogP contribution in [-0.2, 0) is 18.7 Å². The highest BCUT2D eigenvalue weighted by Gasteiger charge is 2.29. The third-order valence-electron chi connectivity index (χ3n) is 5.22. The zero-order valence-electron chi connectivity index (χ0n) is 15.4. The van der Waals surface area contributed by atoms with Gasteiger partial charge in [0.15, 0.2) is 5.82 Å². The molecule has 0 bridgehead atoms. The van der Waals surface area contributed by atoms with Crippen LogP contribution in [0.25, 0.3) is 11.3 Å². The summed E-state index contributed by atoms with van der Waals surface area (Å²) >= 11 is 1.95. The molecule has 0 unspecified atom stereocenters. The summed E-state index contributed by atoms with van der Waals surface area (Å²) in [6, 6.07) is 9.33. The van der Waals surface area contributed by atoms with E-state index >= 15 is 0 Å². The molecule has 0 atom stereocenters. The summed E-state index contributed by atoms with van der Waals surface area (Å²) in [5, 5.41) is 13.3. The van der Waals surface area contributed by atoms with Crippen molar-refractivity contribution in [3.63, 3.8) is 0 Å². The first-order valence-corrected chi connectivity index (χ1v) is 10.6. The third-order valence-corrected chi connectivity index (χ3v) is 6.23. The Morgan fingerprint density at radius 2 is 2.11 bits per heavy atom. The summed E-state index contributed by atoms with van der Waals surface area (Å²) in [6.45, 7) is 2.34. The second-order valence-electron chi connectivity index (χ2n) is 7.23. The maximum absolute atomic E-state index is 12.2. The van der Waals surface area contributed by atoms with Gasteiger partial charge in [0.1, 0.15) is 0 Å². The van der Waals surface area contributed by atoms with Crippen LogP contribution in [0.4, 0.5) is 5.82 Å². The number of fused-ring (bicyclic) bond motifs is 1. The van der Waals surface area contributed by atoms with E-state index in [-0.39, 0.29) is 5.56 Å². The topological polar surface area (TPSA) is 76.8 Å². The largest absolute Gasteiger partial charge is 0.354 e. The maximum atomic E-state index is 12.2. The molecule has 2 aliphatic heterocycles. The van der Waals surface area contributed by atoms with Gasteiger partial charge in [-0.05, 0) is 35.6 Å². The molecule has 28 heavy (non-hydrogen) atoms. The fourth-order valence-electron chi connectivity index (χ4n) is 3.65. The Morgan fingerprint density at radius 1 is 1.18 bits per heavy atom. The molecule has 3 aromatic rings. The van der Waals surface area contributed by atoms with Gasteiger partial charge in [0, 0.05) is 55.2 Å². The molecular formula is C20H20N6OS. The van der Waals surface area contributed by atoms with Crippen LogP contribution in [0.3, 0.4) is 0 Å². The predicted octanol–water partition coefficient (Wildman–Crippen LogP) is 2.02. The molecule has 0 saturated carbocycles. The number of aryl methyl sites for hydroxylation is 1. The number of pyridine rings is 1. The van der Waals surface area contributed by atoms with Gasteiger partial charge < -0.3 is 4.90 Å². The molecule has 0 aromatic carbocycles. The second kappa shape index (κ2) is 7.35. The van der Waals surface area contributed by atoms with Crippen molar-refractivity contribution in [2.24, 2.45) is 5.92 Å². The van der Waals surface area contributed by atoms with Crippen LogP contribution in [0.2, 0.25) is 0 Å². The highest BCUT2D eigenvalue weighted by Crippen LogP contribution is 2.28. The maximum Gasteiger partial charge on any atom is 0.266 e. The molecule has 1 fully saturated rings. The lowest BCUT2D eigenvalue weighted by Crippen LogP contribution is -2.50. The molecule has 1 saturated heterocycles. The molecule has 5 rings (SSSR count). The van der Waals surface area contributed by atoms with Gasteiger partial charge in [0.2, 0.25) is 0 Å². The number of nitrogens with zero attached hydrogens (tertiary/aromatic N) is 6. The zero-order chi connectivity index (χ0) is 18.9. The average Bonchev–Trinajstić information content (AvgIpc) is 2.72. The Morgan fingerprint density at radius 3 is 2.96 bits per heavy atom. The monoisotopic (exact) mass is 392 g/mol. The molecule has 8 heteroatoms. The SMILES string of the molecule is O=c1ccc(-c2cccnc2)nn1CC1CN(c2cc3c(nn2)CCSC3)C1. The molecule has 0 aliphatic carbocycles. The van der Waals surface area contributed by atoms with Crippen molar-refractivity contribution in [1.82, 2.24) is 25.0 Å². The van der Waals surface area contributed by atoms with E-state index in [1.807, 2.05) is 23.9 Å². The van der Waals surface area contributed by atoms with E-state index in [1.54, 1.807) is 29.2 Å². The van der Waals surface area contributed by atoms with Crippen molar-refractivity contribution in [2.45, 2.75) is 18.7 Å². The fourth-order valence-corrected chi connectivity index (χ4v) is 4.60. The van der Waals surface area contributed by atoms with E-state index in [9.17, 15) is 4.79 Å². The van der Waals surface area contributed by atoms with Gasteiger partial charge in [0.05, 0.1) is 17.9 Å². The number of hydrogen-bond acceptors (Lipinski definition) is 7. The van der Waals surface area contributed by atoms with Crippen molar-refractivity contribution in [2.75, 3.05) is 23.7 Å². The normalized spacial score (nSPS) is 16.5. The molecule has 3 aromatic heterocycles. The second-order valence-corrected chi connectivity index (χ2v) is 8.33. The minimum Gasteiger partial charge on any atom is -0.354 e. The third kappa shape index (κ3) is 3.40. The fraction of sp³-hybridized carbons (Fsp3) is 0.350. The summed E-state index contributed by atoms with van der Waals surface area (Å²) in [5.41, 5.74) is 4.06. The molecule has 7 nitrogen and oxygen atoms in total. The lowest BCUT2D eigenvalue weighted by molar-refractivity contribution is 0.333. The van der Waals surface area contributed by atoms with Gasteiger partial charge in [0.25, 0.3) is 5.56 Å². The predicted molar refractivity (Wildman–Crippen MR) is 109 cm³/mol. The van der Waals surface area contributed by atoms with Crippen LogP contribution in [-0.4, -0.2) is 43.8 Å². The van der Waals surface area contributed by atoms with Gasteiger partial charge in [-0.3, -0.25) is 9.78 Å². The molecule has 0 radical (unpaired) electrons. The zero-order valence-corrected chi connectivity index (χ0v) is 16.2. The molecule has 0 amide bonds. The van der Waals surface area contributed by atoms with Gasteiger partial charge in [-0.1, -0.05) is 0 Å². The minimum atomic E-state index is -0.0725. The summed E-state index contributed by atoms with van der Waals surface area (Å²) in [5.74, 6) is 3.48. The van der Waals surface area contributed by atoms with Crippen LogP contribution in [0.15, 0.2) is 47.5 Å². The molecule has 142 valence electrons. The highest BCUT2D eigenvalue weighted by molar-refractivity contribution is 7.98. The minimum absolute atomic E-state index is 0.0725. The first-order valence-electron chi connectivity index (χ1n) is 9.43. The van der Waals surface area contributed by atoms with E-state index in [0.29, 0.717) is 12.5 Å². The molecular weight excluding hydrogens is 372 g/mol. The molecule has 2 aliphatic rings. The summed E-state index contributed by atoms with van der Waals surface area (Å²) in [4.78, 5) is 18.6. The first kappa shape index (κ1) is 17.4. The van der Waals surface area contributed by atoms with Crippen LogP contribution in [0, 0.1) is 5.92 Å². The standard InChI is InChI=1S/C20H20N6OS/c27-20-4-3-18(15-2-1-6-21-9-15)24-26(20)12-14-10-25(11-14)19-8-16-13-28-7-5-17(16)22-23-19/h1-4,6,8-9,14H,5,7,10-13H2. The quantitative estimate of drug-likeness (QED) is 0.672. The summed E-state index contributed by atoms with van der Waals surface area (Å²) in [6.07, 6.45) is 4.50. The number of rotatable bonds is 4. The Balaban J connectivity index is 1.27. The number of aromatic nitrogens is 5. The van der Waals surface area contributed by atoms with Crippen LogP contribution in [0.1, 0.15) is 11.3 Å². The van der Waals surface area contributed by atoms with Crippen molar-refractivity contribution in [3.05, 3.63) is 64.3 Å². The average molecular weight is 392 g/mol. The molecule has 0 N–H and O–H groups in total. The van der Waals surface area contributed by atoms with E-state index in [4.69, 9.17) is 0 Å². The van der Waals surface area contributed by atoms with Crippen LogP contribution >= 0.6 is 11.8 Å². The smallest absolute Gasteiger partial charge is 0.266 e. The molecule has 0 spiro atoms. The van der Waals surface area contributed by atoms with Gasteiger partial charge >= 0.3 is 0 Å².